The lowest BCUT2D eigenvalue weighted by Crippen LogP contribution is -2.27. The molecule has 0 bridgehead atoms. The quantitative estimate of drug-likeness (QED) is 0.440. The third-order valence-electron chi connectivity index (χ3n) is 4.12. The Balaban J connectivity index is 2.34. The van der Waals surface area contributed by atoms with Gasteiger partial charge in [0.25, 0.3) is 0 Å². The summed E-state index contributed by atoms with van der Waals surface area (Å²) in [5.74, 6) is 0.0737. The van der Waals surface area contributed by atoms with Gasteiger partial charge < -0.3 is 29.2 Å². The van der Waals surface area contributed by atoms with E-state index in [1.165, 1.54) is 52.7 Å². The Bertz CT molecular complexity index is 1130. The van der Waals surface area contributed by atoms with Gasteiger partial charge in [-0.1, -0.05) is 0 Å². The summed E-state index contributed by atoms with van der Waals surface area (Å²) in [5.41, 5.74) is 0.323. The number of phenolic OH excluding ortho intramolecular Hbond substituents is 2. The minimum atomic E-state index is -4.49. The molecule has 13 heteroatoms. The van der Waals surface area contributed by atoms with Gasteiger partial charge in [-0.2, -0.15) is 0 Å². The van der Waals surface area contributed by atoms with E-state index >= 15 is 0 Å². The zero-order valence-corrected chi connectivity index (χ0v) is 19.7. The molecule has 11 nitrogen and oxygen atoms in total. The van der Waals surface area contributed by atoms with Gasteiger partial charge in [-0.3, -0.25) is 0 Å². The van der Waals surface area contributed by atoms with Crippen molar-refractivity contribution in [2.45, 2.75) is 0 Å². The molecule has 0 spiro atoms. The number of ether oxygens (including phenoxy) is 4. The van der Waals surface area contributed by atoms with Crippen molar-refractivity contribution in [3.63, 3.8) is 0 Å². The molecule has 0 aliphatic carbocycles. The minimum Gasteiger partial charge on any atom is -0.508 e. The van der Waals surface area contributed by atoms with E-state index in [0.717, 1.165) is 12.2 Å². The number of rotatable bonds is 10. The maximum atomic E-state index is 12.4. The maximum Gasteiger partial charge on any atom is 0.246 e. The Morgan fingerprint density at radius 2 is 0.909 bits per heavy atom. The Morgan fingerprint density at radius 3 is 1.15 bits per heavy atom. The molecule has 0 saturated heterocycles. The molecule has 0 unspecified atom stereocenters. The first-order chi connectivity index (χ1) is 15.4. The number of sulfonamides is 2. The van der Waals surface area contributed by atoms with Crippen molar-refractivity contribution in [3.8, 4) is 34.5 Å². The van der Waals surface area contributed by atoms with Crippen molar-refractivity contribution >= 4 is 32.2 Å². The first-order valence-electron chi connectivity index (χ1n) is 9.00. The lowest BCUT2D eigenvalue weighted by atomic mass is 10.1. The van der Waals surface area contributed by atoms with Gasteiger partial charge in [0, 0.05) is 35.1 Å². The fourth-order valence-corrected chi connectivity index (χ4v) is 5.08. The van der Waals surface area contributed by atoms with Crippen LogP contribution in [0.25, 0.3) is 12.2 Å². The van der Waals surface area contributed by atoms with E-state index in [4.69, 9.17) is 18.9 Å². The summed E-state index contributed by atoms with van der Waals surface area (Å²) in [6.45, 7) is 0. The van der Waals surface area contributed by atoms with Crippen LogP contribution in [0.5, 0.6) is 34.5 Å². The van der Waals surface area contributed by atoms with Gasteiger partial charge in [-0.25, -0.2) is 16.8 Å². The summed E-state index contributed by atoms with van der Waals surface area (Å²) < 4.78 is 71.4. The highest BCUT2D eigenvalue weighted by atomic mass is 32.3. The minimum absolute atomic E-state index is 0.104. The van der Waals surface area contributed by atoms with E-state index in [0.29, 0.717) is 10.8 Å². The smallest absolute Gasteiger partial charge is 0.246 e. The third kappa shape index (κ3) is 6.78. The molecule has 2 aromatic carbocycles. The lowest BCUT2D eigenvalue weighted by Gasteiger charge is -2.11. The molecular weight excluding hydrogens is 478 g/mol. The molecular formula is C20H23NO10S2. The second-order valence-corrected chi connectivity index (χ2v) is 9.70. The van der Waals surface area contributed by atoms with Gasteiger partial charge >= 0.3 is 0 Å². The molecule has 0 fully saturated rings. The van der Waals surface area contributed by atoms with Gasteiger partial charge in [0.05, 0.1) is 39.6 Å². The van der Waals surface area contributed by atoms with Gasteiger partial charge in [0.1, 0.15) is 34.5 Å². The molecule has 2 aromatic rings. The van der Waals surface area contributed by atoms with E-state index in [1.807, 2.05) is 0 Å². The fraction of sp³-hybridized carbons (Fsp3) is 0.200. The predicted octanol–water partition coefficient (Wildman–Crippen LogP) is 2.02. The van der Waals surface area contributed by atoms with Crippen molar-refractivity contribution in [1.29, 1.82) is 0 Å². The molecule has 3 N–H and O–H groups in total. The summed E-state index contributed by atoms with van der Waals surface area (Å²) in [6.07, 6.45) is 2.12. The Morgan fingerprint density at radius 1 is 0.636 bits per heavy atom. The lowest BCUT2D eigenvalue weighted by molar-refractivity contribution is 0.383. The molecule has 33 heavy (non-hydrogen) atoms. The predicted molar refractivity (Wildman–Crippen MR) is 121 cm³/mol. The zero-order valence-electron chi connectivity index (χ0n) is 18.1. The summed E-state index contributed by atoms with van der Waals surface area (Å²) >= 11 is 0. The maximum absolute atomic E-state index is 12.4. The summed E-state index contributed by atoms with van der Waals surface area (Å²) in [5, 5.41) is 20.6. The Hall–Kier alpha value is -3.42. The number of aromatic hydroxyl groups is 2. The van der Waals surface area contributed by atoms with Crippen molar-refractivity contribution < 1.29 is 46.0 Å². The van der Waals surface area contributed by atoms with Crippen LogP contribution in [0, 0.1) is 0 Å². The number of phenols is 2. The largest absolute Gasteiger partial charge is 0.508 e. The molecule has 180 valence electrons. The second-order valence-electron chi connectivity index (χ2n) is 6.31. The van der Waals surface area contributed by atoms with Gasteiger partial charge in [-0.15, -0.1) is 4.13 Å². The average Bonchev–Trinajstić information content (AvgIpc) is 2.75. The van der Waals surface area contributed by atoms with E-state index < -0.39 is 20.0 Å². The van der Waals surface area contributed by atoms with Crippen molar-refractivity contribution in [2.75, 3.05) is 28.4 Å². The molecule has 0 saturated carbocycles. The van der Waals surface area contributed by atoms with Crippen molar-refractivity contribution in [2.24, 2.45) is 0 Å². The third-order valence-corrected chi connectivity index (χ3v) is 6.96. The van der Waals surface area contributed by atoms with Crippen LogP contribution in [0.2, 0.25) is 0 Å². The number of benzene rings is 2. The SMILES string of the molecule is COc1cc(O)cc(OC)c1/C=C\S(=O)(=O)NS(=O)(=O)/C=C/c1c(OC)cc(O)cc1OC. The fourth-order valence-electron chi connectivity index (χ4n) is 2.71. The number of nitrogens with one attached hydrogen (secondary N) is 1. The highest BCUT2D eigenvalue weighted by molar-refractivity contribution is 8.07. The number of hydrogen-bond donors (Lipinski definition) is 3. The Labute approximate surface area is 191 Å². The van der Waals surface area contributed by atoms with Crippen LogP contribution < -0.4 is 23.1 Å². The summed E-state index contributed by atoms with van der Waals surface area (Å²) in [6, 6.07) is 4.95. The van der Waals surface area contributed by atoms with Crippen LogP contribution in [0.15, 0.2) is 35.1 Å². The number of methoxy groups -OCH3 is 4. The van der Waals surface area contributed by atoms with Crippen molar-refractivity contribution in [3.05, 3.63) is 46.2 Å². The van der Waals surface area contributed by atoms with Gasteiger partial charge in [0.15, 0.2) is 0 Å². The standard InChI is InChI=1S/C20H23NO10S2/c1-28-17-9-13(22)10-18(29-2)15(17)5-7-32(24,25)21-33(26,27)8-6-16-19(30-3)11-14(23)12-20(16)31-4/h5-12,21-23H,1-4H3/b7-5-,8-6+. The summed E-state index contributed by atoms with van der Waals surface area (Å²) in [4.78, 5) is 0. The Kier molecular flexibility index (Phi) is 8.19. The number of hydrogen-bond acceptors (Lipinski definition) is 10. The normalized spacial score (nSPS) is 12.2. The molecule has 0 radical (unpaired) electrons. The molecule has 2 rings (SSSR count). The molecule has 0 aliphatic rings. The van der Waals surface area contributed by atoms with E-state index in [9.17, 15) is 27.0 Å². The molecule has 0 heterocycles. The molecule has 0 atom stereocenters. The van der Waals surface area contributed by atoms with Gasteiger partial charge in [-0.05, 0) is 12.2 Å². The highest BCUT2D eigenvalue weighted by Gasteiger charge is 2.18. The van der Waals surface area contributed by atoms with E-state index in [-0.39, 0.29) is 45.6 Å². The van der Waals surface area contributed by atoms with Crippen LogP contribution in [0.4, 0.5) is 0 Å². The highest BCUT2D eigenvalue weighted by Crippen LogP contribution is 2.35. The average molecular weight is 502 g/mol. The monoisotopic (exact) mass is 501 g/mol. The first kappa shape index (κ1) is 25.8. The molecule has 0 aliphatic heterocycles. The van der Waals surface area contributed by atoms with Crippen LogP contribution in [-0.4, -0.2) is 55.5 Å². The van der Waals surface area contributed by atoms with Crippen LogP contribution >= 0.6 is 0 Å². The van der Waals surface area contributed by atoms with Crippen LogP contribution in [-0.2, 0) is 20.0 Å². The van der Waals surface area contributed by atoms with Crippen LogP contribution in [0.3, 0.4) is 0 Å². The molecule has 0 aromatic heterocycles. The van der Waals surface area contributed by atoms with E-state index in [2.05, 4.69) is 0 Å². The first-order valence-corrected chi connectivity index (χ1v) is 12.1. The topological polar surface area (TPSA) is 158 Å². The zero-order chi connectivity index (χ0) is 24.8. The van der Waals surface area contributed by atoms with Crippen LogP contribution in [0.1, 0.15) is 11.1 Å². The van der Waals surface area contributed by atoms with E-state index in [1.54, 1.807) is 4.13 Å². The second kappa shape index (κ2) is 10.5. The summed E-state index contributed by atoms with van der Waals surface area (Å²) in [7, 11) is -3.75. The van der Waals surface area contributed by atoms with Gasteiger partial charge in [0.2, 0.25) is 20.0 Å². The van der Waals surface area contributed by atoms with Crippen molar-refractivity contribution in [1.82, 2.24) is 4.13 Å². The molecule has 0 amide bonds.